The first-order valence-electron chi connectivity index (χ1n) is 7.31. The molecule has 0 atom stereocenters. The lowest BCUT2D eigenvalue weighted by molar-refractivity contribution is -0.141. The third kappa shape index (κ3) is 4.38. The molecule has 0 saturated heterocycles. The molecule has 0 aliphatic heterocycles. The van der Waals surface area contributed by atoms with E-state index in [1.807, 2.05) is 0 Å². The topological polar surface area (TPSA) is 73.2 Å². The Bertz CT molecular complexity index is 796. The minimum absolute atomic E-state index is 0.189. The Morgan fingerprint density at radius 1 is 1.36 bits per heavy atom. The van der Waals surface area contributed by atoms with Crippen molar-refractivity contribution in [2.75, 3.05) is 11.9 Å². The molecule has 25 heavy (non-hydrogen) atoms. The second-order valence-electron chi connectivity index (χ2n) is 5.15. The predicted octanol–water partition coefficient (Wildman–Crippen LogP) is 3.40. The first-order valence-corrected chi connectivity index (χ1v) is 8.12. The van der Waals surface area contributed by atoms with Crippen LogP contribution in [0.3, 0.4) is 0 Å². The van der Waals surface area contributed by atoms with Gasteiger partial charge in [-0.2, -0.15) is 18.3 Å². The molecule has 2 rings (SSSR count). The van der Waals surface area contributed by atoms with Crippen molar-refractivity contribution >= 4 is 28.2 Å². The lowest BCUT2D eigenvalue weighted by Crippen LogP contribution is -2.20. The number of thiophene rings is 1. The third-order valence-corrected chi connectivity index (χ3v) is 4.48. The Balaban J connectivity index is 2.14. The number of alkyl halides is 3. The van der Waals surface area contributed by atoms with E-state index in [-0.39, 0.29) is 12.2 Å². The van der Waals surface area contributed by atoms with Gasteiger partial charge in [0.2, 0.25) is 5.91 Å². The van der Waals surface area contributed by atoms with E-state index in [1.165, 1.54) is 11.3 Å². The number of rotatable bonds is 5. The summed E-state index contributed by atoms with van der Waals surface area (Å²) in [6, 6.07) is 0.788. The fourth-order valence-electron chi connectivity index (χ4n) is 2.08. The van der Waals surface area contributed by atoms with Gasteiger partial charge in [0, 0.05) is 11.1 Å². The van der Waals surface area contributed by atoms with E-state index in [4.69, 9.17) is 4.74 Å². The molecular weight excluding hydrogens is 359 g/mol. The standard InChI is InChI=1S/C15H16F3N3O3S/c1-4-24-14(23)12-8(2)9(3)25-13(12)19-11(22)7-21-6-5-10(20-21)15(16,17)18/h5-6H,4,7H2,1-3H3,(H,19,22). The van der Waals surface area contributed by atoms with Gasteiger partial charge in [-0.1, -0.05) is 0 Å². The third-order valence-electron chi connectivity index (χ3n) is 3.35. The molecule has 2 aromatic heterocycles. The van der Waals surface area contributed by atoms with Gasteiger partial charge >= 0.3 is 12.1 Å². The van der Waals surface area contributed by atoms with Gasteiger partial charge in [0.25, 0.3) is 0 Å². The fraction of sp³-hybridized carbons (Fsp3) is 0.400. The van der Waals surface area contributed by atoms with Crippen LogP contribution in [0.1, 0.15) is 33.4 Å². The molecule has 2 heterocycles. The van der Waals surface area contributed by atoms with Crippen LogP contribution in [0.5, 0.6) is 0 Å². The zero-order chi connectivity index (χ0) is 18.8. The molecule has 0 radical (unpaired) electrons. The van der Waals surface area contributed by atoms with Crippen LogP contribution >= 0.6 is 11.3 Å². The van der Waals surface area contributed by atoms with E-state index >= 15 is 0 Å². The smallest absolute Gasteiger partial charge is 0.435 e. The molecule has 10 heteroatoms. The number of esters is 1. The first-order chi connectivity index (χ1) is 11.6. The summed E-state index contributed by atoms with van der Waals surface area (Å²) in [5.74, 6) is -1.15. The molecule has 1 amide bonds. The highest BCUT2D eigenvalue weighted by molar-refractivity contribution is 7.16. The Hall–Kier alpha value is -2.36. The highest BCUT2D eigenvalue weighted by Gasteiger charge is 2.33. The maximum atomic E-state index is 12.5. The Morgan fingerprint density at radius 2 is 2.04 bits per heavy atom. The van der Waals surface area contributed by atoms with Gasteiger partial charge < -0.3 is 10.1 Å². The van der Waals surface area contributed by atoms with E-state index in [0.29, 0.717) is 10.6 Å². The number of carbonyl (C=O) groups is 2. The number of amides is 1. The zero-order valence-electron chi connectivity index (χ0n) is 13.7. The summed E-state index contributed by atoms with van der Waals surface area (Å²) < 4.78 is 43.4. The Morgan fingerprint density at radius 3 is 2.60 bits per heavy atom. The number of aryl methyl sites for hydroxylation is 1. The van der Waals surface area contributed by atoms with Crippen molar-refractivity contribution in [3.05, 3.63) is 34.0 Å². The van der Waals surface area contributed by atoms with E-state index in [1.54, 1.807) is 20.8 Å². The largest absolute Gasteiger partial charge is 0.462 e. The molecule has 0 bridgehead atoms. The van der Waals surface area contributed by atoms with Gasteiger partial charge in [0.05, 0.1) is 12.2 Å². The maximum absolute atomic E-state index is 12.5. The molecule has 6 nitrogen and oxygen atoms in total. The number of halogens is 3. The molecule has 1 N–H and O–H groups in total. The first kappa shape index (κ1) is 19.0. The van der Waals surface area contributed by atoms with E-state index in [0.717, 1.165) is 21.8 Å². The lowest BCUT2D eigenvalue weighted by atomic mass is 10.1. The van der Waals surface area contributed by atoms with Crippen molar-refractivity contribution < 1.29 is 27.5 Å². The molecule has 0 fully saturated rings. The minimum atomic E-state index is -4.57. The summed E-state index contributed by atoms with van der Waals surface area (Å²) in [6.45, 7) is 4.97. The zero-order valence-corrected chi connectivity index (χ0v) is 14.5. The fourth-order valence-corrected chi connectivity index (χ4v) is 3.14. The van der Waals surface area contributed by atoms with Crippen molar-refractivity contribution in [1.29, 1.82) is 0 Å². The quantitative estimate of drug-likeness (QED) is 0.813. The summed E-state index contributed by atoms with van der Waals surface area (Å²) >= 11 is 1.20. The van der Waals surface area contributed by atoms with Crippen molar-refractivity contribution in [2.24, 2.45) is 0 Å². The van der Waals surface area contributed by atoms with Crippen LogP contribution in [-0.4, -0.2) is 28.3 Å². The van der Waals surface area contributed by atoms with Crippen LogP contribution in [0.25, 0.3) is 0 Å². The number of ether oxygens (including phenoxy) is 1. The average Bonchev–Trinajstić information content (AvgIpc) is 3.05. The number of carbonyl (C=O) groups excluding carboxylic acids is 2. The van der Waals surface area contributed by atoms with Crippen LogP contribution < -0.4 is 5.32 Å². The van der Waals surface area contributed by atoms with E-state index in [2.05, 4.69) is 10.4 Å². The Labute approximate surface area is 145 Å². The summed E-state index contributed by atoms with van der Waals surface area (Å²) in [5.41, 5.74) is -0.123. The molecule has 2 aromatic rings. The van der Waals surface area contributed by atoms with Crippen molar-refractivity contribution in [1.82, 2.24) is 9.78 Å². The summed E-state index contributed by atoms with van der Waals surface area (Å²) in [6.07, 6.45) is -3.50. The molecular formula is C15H16F3N3O3S. The number of nitrogens with one attached hydrogen (secondary N) is 1. The second kappa shape index (κ2) is 7.26. The van der Waals surface area contributed by atoms with Gasteiger partial charge in [-0.3, -0.25) is 9.48 Å². The van der Waals surface area contributed by atoms with E-state index in [9.17, 15) is 22.8 Å². The normalized spacial score (nSPS) is 11.4. The van der Waals surface area contributed by atoms with Gasteiger partial charge in [0.1, 0.15) is 11.5 Å². The van der Waals surface area contributed by atoms with Crippen LogP contribution in [0.2, 0.25) is 0 Å². The summed E-state index contributed by atoms with van der Waals surface area (Å²) in [7, 11) is 0. The molecule has 0 spiro atoms. The molecule has 0 aromatic carbocycles. The summed E-state index contributed by atoms with van der Waals surface area (Å²) in [4.78, 5) is 25.0. The lowest BCUT2D eigenvalue weighted by Gasteiger charge is -2.07. The monoisotopic (exact) mass is 375 g/mol. The second-order valence-corrected chi connectivity index (χ2v) is 6.38. The highest BCUT2D eigenvalue weighted by Crippen LogP contribution is 2.33. The van der Waals surface area contributed by atoms with Crippen LogP contribution in [-0.2, 0) is 22.3 Å². The van der Waals surface area contributed by atoms with Crippen molar-refractivity contribution in [2.45, 2.75) is 33.5 Å². The number of hydrogen-bond acceptors (Lipinski definition) is 5. The van der Waals surface area contributed by atoms with Crippen LogP contribution in [0.4, 0.5) is 18.2 Å². The van der Waals surface area contributed by atoms with E-state index < -0.39 is 30.3 Å². The van der Waals surface area contributed by atoms with Gasteiger partial charge in [0.15, 0.2) is 5.69 Å². The number of nitrogens with zero attached hydrogens (tertiary/aromatic N) is 2. The molecule has 0 aliphatic carbocycles. The van der Waals surface area contributed by atoms with Crippen LogP contribution in [0, 0.1) is 13.8 Å². The number of anilines is 1. The SMILES string of the molecule is CCOC(=O)c1c(NC(=O)Cn2ccc(C(F)(F)F)n2)sc(C)c1C. The van der Waals surface area contributed by atoms with Crippen molar-refractivity contribution in [3.63, 3.8) is 0 Å². The van der Waals surface area contributed by atoms with Gasteiger partial charge in [-0.15, -0.1) is 11.3 Å². The minimum Gasteiger partial charge on any atom is -0.462 e. The maximum Gasteiger partial charge on any atom is 0.435 e. The molecule has 0 unspecified atom stereocenters. The summed E-state index contributed by atoms with van der Waals surface area (Å²) in [5, 5.41) is 6.17. The molecule has 0 saturated carbocycles. The average molecular weight is 375 g/mol. The van der Waals surface area contributed by atoms with Crippen molar-refractivity contribution in [3.8, 4) is 0 Å². The number of aromatic nitrogens is 2. The Kier molecular flexibility index (Phi) is 5.51. The molecule has 0 aliphatic rings. The van der Waals surface area contributed by atoms with Crippen LogP contribution in [0.15, 0.2) is 12.3 Å². The highest BCUT2D eigenvalue weighted by atomic mass is 32.1. The van der Waals surface area contributed by atoms with Gasteiger partial charge in [-0.05, 0) is 32.4 Å². The predicted molar refractivity (Wildman–Crippen MR) is 85.6 cm³/mol. The number of hydrogen-bond donors (Lipinski definition) is 1. The molecule has 136 valence electrons. The van der Waals surface area contributed by atoms with Gasteiger partial charge in [-0.25, -0.2) is 4.79 Å².